The number of rotatable bonds is 3. The predicted molar refractivity (Wildman–Crippen MR) is 81.8 cm³/mol. The van der Waals surface area contributed by atoms with E-state index < -0.39 is 0 Å². The summed E-state index contributed by atoms with van der Waals surface area (Å²) in [7, 11) is 0. The SMILES string of the molecule is Clc1cccc(Cc2cc(-c3ccccc3)cs2)n1. The minimum atomic E-state index is 0.553. The van der Waals surface area contributed by atoms with Gasteiger partial charge in [-0.25, -0.2) is 4.98 Å². The fourth-order valence-corrected chi connectivity index (χ4v) is 3.07. The van der Waals surface area contributed by atoms with E-state index in [4.69, 9.17) is 11.6 Å². The van der Waals surface area contributed by atoms with Crippen molar-refractivity contribution in [2.75, 3.05) is 0 Å². The van der Waals surface area contributed by atoms with Gasteiger partial charge in [-0.2, -0.15) is 0 Å². The van der Waals surface area contributed by atoms with Gasteiger partial charge in [0.25, 0.3) is 0 Å². The fraction of sp³-hybridized carbons (Fsp3) is 0.0625. The minimum Gasteiger partial charge on any atom is -0.241 e. The number of benzene rings is 1. The Balaban J connectivity index is 1.82. The summed E-state index contributed by atoms with van der Waals surface area (Å²) in [5.41, 5.74) is 3.53. The number of halogens is 1. The first-order valence-corrected chi connectivity index (χ1v) is 7.31. The summed E-state index contributed by atoms with van der Waals surface area (Å²) in [6.45, 7) is 0. The maximum atomic E-state index is 5.90. The highest BCUT2D eigenvalue weighted by Crippen LogP contribution is 2.26. The highest BCUT2D eigenvalue weighted by atomic mass is 35.5. The molecule has 0 atom stereocenters. The van der Waals surface area contributed by atoms with Gasteiger partial charge in [-0.1, -0.05) is 48.0 Å². The lowest BCUT2D eigenvalue weighted by molar-refractivity contribution is 1.10. The quantitative estimate of drug-likeness (QED) is 0.613. The van der Waals surface area contributed by atoms with Gasteiger partial charge in [-0.15, -0.1) is 11.3 Å². The third-order valence-corrected chi connectivity index (χ3v) is 4.04. The molecule has 2 heterocycles. The normalized spacial score (nSPS) is 10.6. The third kappa shape index (κ3) is 3.03. The van der Waals surface area contributed by atoms with Crippen LogP contribution >= 0.6 is 22.9 Å². The molecule has 3 rings (SSSR count). The third-order valence-electron chi connectivity index (χ3n) is 2.89. The summed E-state index contributed by atoms with van der Waals surface area (Å²) in [5, 5.41) is 2.74. The molecule has 0 aliphatic carbocycles. The lowest BCUT2D eigenvalue weighted by atomic mass is 10.1. The molecule has 2 aromatic heterocycles. The van der Waals surface area contributed by atoms with Crippen molar-refractivity contribution in [3.8, 4) is 11.1 Å². The number of hydrogen-bond acceptors (Lipinski definition) is 2. The van der Waals surface area contributed by atoms with Gasteiger partial charge >= 0.3 is 0 Å². The zero-order valence-corrected chi connectivity index (χ0v) is 11.8. The first kappa shape index (κ1) is 12.4. The molecule has 0 N–H and O–H groups in total. The summed E-state index contributed by atoms with van der Waals surface area (Å²) >= 11 is 7.67. The van der Waals surface area contributed by atoms with E-state index in [-0.39, 0.29) is 0 Å². The second-order valence-electron chi connectivity index (χ2n) is 4.30. The smallest absolute Gasteiger partial charge is 0.129 e. The van der Waals surface area contributed by atoms with Gasteiger partial charge in [0.1, 0.15) is 5.15 Å². The monoisotopic (exact) mass is 285 g/mol. The summed E-state index contributed by atoms with van der Waals surface area (Å²) in [4.78, 5) is 5.62. The van der Waals surface area contributed by atoms with E-state index in [0.29, 0.717) is 5.15 Å². The molecule has 0 aliphatic rings. The van der Waals surface area contributed by atoms with Crippen LogP contribution in [0.25, 0.3) is 11.1 Å². The number of nitrogens with zero attached hydrogens (tertiary/aromatic N) is 1. The van der Waals surface area contributed by atoms with E-state index in [0.717, 1.165) is 12.1 Å². The van der Waals surface area contributed by atoms with Crippen molar-refractivity contribution in [2.45, 2.75) is 6.42 Å². The summed E-state index contributed by atoms with van der Waals surface area (Å²) < 4.78 is 0. The van der Waals surface area contributed by atoms with Gasteiger partial charge in [0.05, 0.1) is 0 Å². The molecule has 3 heteroatoms. The van der Waals surface area contributed by atoms with Crippen LogP contribution in [0.1, 0.15) is 10.6 Å². The molecule has 0 amide bonds. The van der Waals surface area contributed by atoms with E-state index in [1.165, 1.54) is 16.0 Å². The van der Waals surface area contributed by atoms with Crippen LogP contribution in [-0.4, -0.2) is 4.98 Å². The molecule has 0 bridgehead atoms. The number of hydrogen-bond donors (Lipinski definition) is 0. The van der Waals surface area contributed by atoms with Crippen LogP contribution in [0.5, 0.6) is 0 Å². The van der Waals surface area contributed by atoms with Crippen LogP contribution in [0, 0.1) is 0 Å². The van der Waals surface area contributed by atoms with Crippen molar-refractivity contribution < 1.29 is 0 Å². The van der Waals surface area contributed by atoms with Gasteiger partial charge in [-0.3, -0.25) is 0 Å². The molecule has 1 nitrogen and oxygen atoms in total. The van der Waals surface area contributed by atoms with Crippen LogP contribution < -0.4 is 0 Å². The number of aromatic nitrogens is 1. The Morgan fingerprint density at radius 1 is 0.947 bits per heavy atom. The lowest BCUT2D eigenvalue weighted by Crippen LogP contribution is -1.89. The van der Waals surface area contributed by atoms with Crippen LogP contribution in [0.15, 0.2) is 60.0 Å². The van der Waals surface area contributed by atoms with Gasteiger partial charge in [0.2, 0.25) is 0 Å². The largest absolute Gasteiger partial charge is 0.241 e. The average molecular weight is 286 g/mol. The van der Waals surface area contributed by atoms with E-state index in [9.17, 15) is 0 Å². The Morgan fingerprint density at radius 3 is 2.58 bits per heavy atom. The Morgan fingerprint density at radius 2 is 1.79 bits per heavy atom. The molecule has 3 aromatic rings. The van der Waals surface area contributed by atoms with E-state index in [1.54, 1.807) is 17.4 Å². The highest BCUT2D eigenvalue weighted by molar-refractivity contribution is 7.10. The van der Waals surface area contributed by atoms with Crippen molar-refractivity contribution in [3.05, 3.63) is 75.7 Å². The summed E-state index contributed by atoms with van der Waals surface area (Å²) in [6, 6.07) is 18.4. The van der Waals surface area contributed by atoms with Gasteiger partial charge < -0.3 is 0 Å². The Labute approximate surface area is 121 Å². The highest BCUT2D eigenvalue weighted by Gasteiger charge is 2.04. The van der Waals surface area contributed by atoms with E-state index in [1.807, 2.05) is 18.2 Å². The zero-order chi connectivity index (χ0) is 13.1. The van der Waals surface area contributed by atoms with E-state index >= 15 is 0 Å². The molecule has 94 valence electrons. The van der Waals surface area contributed by atoms with Crippen molar-refractivity contribution in [3.63, 3.8) is 0 Å². The molecule has 1 aromatic carbocycles. The molecule has 0 aliphatic heterocycles. The first-order valence-electron chi connectivity index (χ1n) is 6.05. The number of thiophene rings is 1. The fourth-order valence-electron chi connectivity index (χ4n) is 1.98. The molecule has 0 saturated carbocycles. The summed E-state index contributed by atoms with van der Waals surface area (Å²) in [6.07, 6.45) is 0.831. The number of pyridine rings is 1. The molecular weight excluding hydrogens is 274 g/mol. The maximum Gasteiger partial charge on any atom is 0.129 e. The average Bonchev–Trinajstić information content (AvgIpc) is 2.88. The molecule has 0 fully saturated rings. The minimum absolute atomic E-state index is 0.553. The van der Waals surface area contributed by atoms with E-state index in [2.05, 4.69) is 40.7 Å². The van der Waals surface area contributed by atoms with Gasteiger partial charge in [-0.05, 0) is 34.7 Å². The molecule has 0 unspecified atom stereocenters. The lowest BCUT2D eigenvalue weighted by Gasteiger charge is -1.98. The van der Waals surface area contributed by atoms with Crippen LogP contribution in [0.3, 0.4) is 0 Å². The van der Waals surface area contributed by atoms with Crippen LogP contribution in [-0.2, 0) is 6.42 Å². The predicted octanol–water partition coefficient (Wildman–Crippen LogP) is 5.05. The molecular formula is C16H12ClNS. The standard InChI is InChI=1S/C16H12ClNS/c17-16-8-4-7-14(18-16)10-15-9-13(11-19-15)12-5-2-1-3-6-12/h1-9,11H,10H2. The maximum absolute atomic E-state index is 5.90. The molecule has 0 saturated heterocycles. The topological polar surface area (TPSA) is 12.9 Å². The van der Waals surface area contributed by atoms with Crippen molar-refractivity contribution >= 4 is 22.9 Å². The Kier molecular flexibility index (Phi) is 3.62. The Hall–Kier alpha value is -1.64. The second kappa shape index (κ2) is 5.55. The Bertz CT molecular complexity index is 676. The summed E-state index contributed by atoms with van der Waals surface area (Å²) in [5.74, 6) is 0. The van der Waals surface area contributed by atoms with Crippen molar-refractivity contribution in [2.24, 2.45) is 0 Å². The molecule has 19 heavy (non-hydrogen) atoms. The second-order valence-corrected chi connectivity index (χ2v) is 5.68. The molecule has 0 radical (unpaired) electrons. The van der Waals surface area contributed by atoms with Gasteiger partial charge in [0.15, 0.2) is 0 Å². The van der Waals surface area contributed by atoms with Gasteiger partial charge in [0, 0.05) is 17.0 Å². The zero-order valence-electron chi connectivity index (χ0n) is 10.2. The van der Waals surface area contributed by atoms with Crippen LogP contribution in [0.4, 0.5) is 0 Å². The van der Waals surface area contributed by atoms with Crippen molar-refractivity contribution in [1.82, 2.24) is 4.98 Å². The molecule has 0 spiro atoms. The van der Waals surface area contributed by atoms with Crippen molar-refractivity contribution in [1.29, 1.82) is 0 Å². The first-order chi connectivity index (χ1) is 9.31. The van der Waals surface area contributed by atoms with Crippen LogP contribution in [0.2, 0.25) is 5.15 Å².